The summed E-state index contributed by atoms with van der Waals surface area (Å²) in [6, 6.07) is 4.93. The molecule has 0 spiro atoms. The van der Waals surface area contributed by atoms with Gasteiger partial charge < -0.3 is 9.64 Å². The van der Waals surface area contributed by atoms with Crippen LogP contribution >= 0.6 is 0 Å². The summed E-state index contributed by atoms with van der Waals surface area (Å²) in [6.45, 7) is 13.7. The lowest BCUT2D eigenvalue weighted by molar-refractivity contribution is -0.145. The minimum atomic E-state index is -0.546. The van der Waals surface area contributed by atoms with Crippen molar-refractivity contribution in [3.05, 3.63) is 29.6 Å². The van der Waals surface area contributed by atoms with Gasteiger partial charge in [0.05, 0.1) is 18.8 Å². The minimum absolute atomic E-state index is 0.314. The summed E-state index contributed by atoms with van der Waals surface area (Å²) in [5.74, 6) is -0.486. The molecule has 132 valence electrons. The van der Waals surface area contributed by atoms with Gasteiger partial charge in [0, 0.05) is 26.2 Å². The molecule has 2 heterocycles. The maximum atomic E-state index is 12.8. The Kier molecular flexibility index (Phi) is 5.19. The average Bonchev–Trinajstić information content (AvgIpc) is 2.66. The molecule has 0 radical (unpaired) electrons. The van der Waals surface area contributed by atoms with Gasteiger partial charge in [0.25, 0.3) is 0 Å². The van der Waals surface area contributed by atoms with E-state index in [9.17, 15) is 9.59 Å². The van der Waals surface area contributed by atoms with E-state index in [4.69, 9.17) is 11.3 Å². The van der Waals surface area contributed by atoms with E-state index in [0.29, 0.717) is 43.4 Å². The third-order valence-electron chi connectivity index (χ3n) is 4.56. The number of benzene rings is 1. The van der Waals surface area contributed by atoms with Crippen LogP contribution < -0.4 is 9.64 Å². The maximum absolute atomic E-state index is 12.8. The molecule has 0 unspecified atom stereocenters. The summed E-state index contributed by atoms with van der Waals surface area (Å²) >= 11 is 0. The van der Waals surface area contributed by atoms with Crippen LogP contribution in [0, 0.1) is 6.57 Å². The van der Waals surface area contributed by atoms with Gasteiger partial charge in [-0.25, -0.2) is 4.85 Å². The van der Waals surface area contributed by atoms with Gasteiger partial charge in [-0.15, -0.1) is 0 Å². The van der Waals surface area contributed by atoms with Crippen molar-refractivity contribution in [2.24, 2.45) is 0 Å². The summed E-state index contributed by atoms with van der Waals surface area (Å²) in [6.07, 6.45) is 1.08. The van der Waals surface area contributed by atoms with Crippen LogP contribution in [0.15, 0.2) is 18.2 Å². The fourth-order valence-electron chi connectivity index (χ4n) is 3.23. The van der Waals surface area contributed by atoms with Crippen molar-refractivity contribution >= 4 is 23.2 Å². The zero-order chi connectivity index (χ0) is 17.8. The standard InChI is InChI=1S/C18H22N4O3/c1-3-6-20-7-9-21(10-8-20)17(23)18(24)22-11-12-25-16-5-4-14(19-2)13-15(16)22/h4-5,13H,3,6-12H2,1H3. The summed E-state index contributed by atoms with van der Waals surface area (Å²) in [7, 11) is 0. The van der Waals surface area contributed by atoms with E-state index >= 15 is 0 Å². The summed E-state index contributed by atoms with van der Waals surface area (Å²) in [5, 5.41) is 0. The quantitative estimate of drug-likeness (QED) is 0.604. The van der Waals surface area contributed by atoms with Crippen LogP contribution in [-0.4, -0.2) is 67.5 Å². The fraction of sp³-hybridized carbons (Fsp3) is 0.500. The Bertz CT molecular complexity index is 705. The van der Waals surface area contributed by atoms with Crippen molar-refractivity contribution in [3.8, 4) is 5.75 Å². The number of ether oxygens (including phenoxy) is 1. The number of carbonyl (C=O) groups excluding carboxylic acids is 2. The van der Waals surface area contributed by atoms with E-state index in [1.165, 1.54) is 4.90 Å². The molecule has 2 aliphatic heterocycles. The van der Waals surface area contributed by atoms with Gasteiger partial charge >= 0.3 is 11.8 Å². The number of hydrogen-bond acceptors (Lipinski definition) is 4. The number of piperazine rings is 1. The van der Waals surface area contributed by atoms with E-state index < -0.39 is 11.8 Å². The van der Waals surface area contributed by atoms with Gasteiger partial charge in [-0.3, -0.25) is 19.4 Å². The highest BCUT2D eigenvalue weighted by Gasteiger charge is 2.33. The predicted molar refractivity (Wildman–Crippen MR) is 93.9 cm³/mol. The van der Waals surface area contributed by atoms with Gasteiger partial charge in [0.1, 0.15) is 12.4 Å². The molecule has 0 bridgehead atoms. The Hall–Kier alpha value is -2.59. The molecule has 1 saturated heterocycles. The van der Waals surface area contributed by atoms with Crippen LogP contribution in [0.1, 0.15) is 13.3 Å². The summed E-state index contributed by atoms with van der Waals surface area (Å²) in [5.41, 5.74) is 0.922. The highest BCUT2D eigenvalue weighted by atomic mass is 16.5. The second-order valence-corrected chi connectivity index (χ2v) is 6.20. The highest BCUT2D eigenvalue weighted by molar-refractivity contribution is 6.40. The van der Waals surface area contributed by atoms with E-state index in [1.807, 2.05) is 0 Å². The summed E-state index contributed by atoms with van der Waals surface area (Å²) < 4.78 is 5.54. The smallest absolute Gasteiger partial charge is 0.316 e. The molecule has 2 aliphatic rings. The van der Waals surface area contributed by atoms with Gasteiger partial charge in [0.2, 0.25) is 0 Å². The molecule has 1 aromatic carbocycles. The van der Waals surface area contributed by atoms with Crippen LogP contribution in [-0.2, 0) is 9.59 Å². The molecule has 7 heteroatoms. The Labute approximate surface area is 147 Å². The largest absolute Gasteiger partial charge is 0.490 e. The first kappa shape index (κ1) is 17.2. The van der Waals surface area contributed by atoms with Crippen molar-refractivity contribution < 1.29 is 14.3 Å². The topological polar surface area (TPSA) is 57.5 Å². The number of carbonyl (C=O) groups is 2. The SMILES string of the molecule is [C-]#[N+]c1ccc2c(c1)N(C(=O)C(=O)N1CCN(CCC)CC1)CCO2. The number of anilines is 1. The predicted octanol–water partition coefficient (Wildman–Crippen LogP) is 1.52. The second kappa shape index (κ2) is 7.53. The highest BCUT2D eigenvalue weighted by Crippen LogP contribution is 2.35. The molecule has 0 N–H and O–H groups in total. The second-order valence-electron chi connectivity index (χ2n) is 6.20. The van der Waals surface area contributed by atoms with Gasteiger partial charge in [-0.05, 0) is 25.1 Å². The minimum Gasteiger partial charge on any atom is -0.490 e. The Morgan fingerprint density at radius 2 is 1.92 bits per heavy atom. The Balaban J connectivity index is 1.72. The van der Waals surface area contributed by atoms with Crippen LogP contribution in [0.4, 0.5) is 11.4 Å². The zero-order valence-electron chi connectivity index (χ0n) is 14.4. The average molecular weight is 342 g/mol. The Morgan fingerprint density at radius 3 is 2.60 bits per heavy atom. The molecule has 0 atom stereocenters. The molecule has 2 amide bonds. The van der Waals surface area contributed by atoms with E-state index in [2.05, 4.69) is 16.7 Å². The first-order valence-electron chi connectivity index (χ1n) is 8.61. The van der Waals surface area contributed by atoms with Crippen molar-refractivity contribution in [1.29, 1.82) is 0 Å². The lowest BCUT2D eigenvalue weighted by Gasteiger charge is -2.36. The van der Waals surface area contributed by atoms with E-state index in [1.54, 1.807) is 23.1 Å². The van der Waals surface area contributed by atoms with Crippen molar-refractivity contribution in [3.63, 3.8) is 0 Å². The lowest BCUT2D eigenvalue weighted by atomic mass is 10.2. The zero-order valence-corrected chi connectivity index (χ0v) is 14.4. The third-order valence-corrected chi connectivity index (χ3v) is 4.56. The van der Waals surface area contributed by atoms with Crippen molar-refractivity contribution in [1.82, 2.24) is 9.80 Å². The number of fused-ring (bicyclic) bond motifs is 1. The monoisotopic (exact) mass is 342 g/mol. The molecule has 0 aliphatic carbocycles. The normalized spacial score (nSPS) is 17.4. The van der Waals surface area contributed by atoms with Crippen LogP contribution in [0.5, 0.6) is 5.75 Å². The molecule has 0 saturated carbocycles. The van der Waals surface area contributed by atoms with Gasteiger partial charge in [-0.1, -0.05) is 13.0 Å². The van der Waals surface area contributed by atoms with E-state index in [-0.39, 0.29) is 0 Å². The van der Waals surface area contributed by atoms with Crippen molar-refractivity contribution in [2.75, 3.05) is 50.8 Å². The first-order valence-corrected chi connectivity index (χ1v) is 8.61. The molecule has 1 aromatic rings. The number of rotatable bonds is 2. The Morgan fingerprint density at radius 1 is 1.16 bits per heavy atom. The molecule has 7 nitrogen and oxygen atoms in total. The fourth-order valence-corrected chi connectivity index (χ4v) is 3.23. The number of hydrogen-bond donors (Lipinski definition) is 0. The van der Waals surface area contributed by atoms with Crippen LogP contribution in [0.2, 0.25) is 0 Å². The molecule has 1 fully saturated rings. The molecule has 0 aromatic heterocycles. The van der Waals surface area contributed by atoms with Crippen molar-refractivity contribution in [2.45, 2.75) is 13.3 Å². The van der Waals surface area contributed by atoms with Gasteiger partial charge in [-0.2, -0.15) is 0 Å². The van der Waals surface area contributed by atoms with Crippen LogP contribution in [0.25, 0.3) is 4.85 Å². The maximum Gasteiger partial charge on any atom is 0.316 e. The molecule has 3 rings (SSSR count). The molecule has 25 heavy (non-hydrogen) atoms. The third kappa shape index (κ3) is 3.59. The van der Waals surface area contributed by atoms with Gasteiger partial charge in [0.15, 0.2) is 5.69 Å². The molecular formula is C18H22N4O3. The number of amides is 2. The first-order chi connectivity index (χ1) is 12.1. The lowest BCUT2D eigenvalue weighted by Crippen LogP contribution is -2.54. The summed E-state index contributed by atoms with van der Waals surface area (Å²) in [4.78, 5) is 34.2. The van der Waals surface area contributed by atoms with E-state index in [0.717, 1.165) is 26.1 Å². The van der Waals surface area contributed by atoms with Crippen LogP contribution in [0.3, 0.4) is 0 Å². The molecular weight excluding hydrogens is 320 g/mol. The number of nitrogens with zero attached hydrogens (tertiary/aromatic N) is 4.